The van der Waals surface area contributed by atoms with Crippen LogP contribution in [0.5, 0.6) is 0 Å². The summed E-state index contributed by atoms with van der Waals surface area (Å²) in [6, 6.07) is 10.5. The summed E-state index contributed by atoms with van der Waals surface area (Å²) in [6.45, 7) is 8.37. The summed E-state index contributed by atoms with van der Waals surface area (Å²) in [4.78, 5) is 17.5. The van der Waals surface area contributed by atoms with E-state index in [1.807, 2.05) is 0 Å². The van der Waals surface area contributed by atoms with Crippen molar-refractivity contribution in [2.24, 2.45) is 5.92 Å². The third kappa shape index (κ3) is 4.22. The van der Waals surface area contributed by atoms with Crippen molar-refractivity contribution < 1.29 is 4.79 Å². The molecule has 4 heteroatoms. The van der Waals surface area contributed by atoms with Gasteiger partial charge in [0.1, 0.15) is 0 Å². The van der Waals surface area contributed by atoms with E-state index in [-0.39, 0.29) is 5.92 Å². The van der Waals surface area contributed by atoms with Crippen molar-refractivity contribution in [3.05, 3.63) is 35.4 Å². The van der Waals surface area contributed by atoms with E-state index in [4.69, 9.17) is 0 Å². The number of fused-ring (bicyclic) bond motifs is 1. The summed E-state index contributed by atoms with van der Waals surface area (Å²) in [5.41, 5.74) is 3.01. The van der Waals surface area contributed by atoms with E-state index in [9.17, 15) is 4.79 Å². The minimum absolute atomic E-state index is 0.254. The standard InChI is InChI=1S/C23H35N3O/c1-17(2)25-13-15-26(16-14-25)23(27)19-7-10-20(11-8-19)24-22-12-9-18-5-3-4-6-21(18)22/h3-6,17,19-20,22,24H,7-16H2,1-2H3. The Morgan fingerprint density at radius 1 is 1.00 bits per heavy atom. The van der Waals surface area contributed by atoms with Crippen LogP contribution in [0, 0.1) is 5.92 Å². The monoisotopic (exact) mass is 369 g/mol. The highest BCUT2D eigenvalue weighted by Gasteiger charge is 2.33. The molecule has 0 spiro atoms. The zero-order chi connectivity index (χ0) is 18.8. The Bertz CT molecular complexity index is 643. The molecule has 1 aromatic rings. The highest BCUT2D eigenvalue weighted by molar-refractivity contribution is 5.79. The summed E-state index contributed by atoms with van der Waals surface area (Å²) in [6.07, 6.45) is 6.80. The molecule has 1 aliphatic heterocycles. The van der Waals surface area contributed by atoms with E-state index >= 15 is 0 Å². The highest BCUT2D eigenvalue weighted by Crippen LogP contribution is 2.34. The van der Waals surface area contributed by atoms with Crippen LogP contribution in [0.25, 0.3) is 0 Å². The highest BCUT2D eigenvalue weighted by atomic mass is 16.2. The van der Waals surface area contributed by atoms with E-state index in [0.29, 0.717) is 24.0 Å². The van der Waals surface area contributed by atoms with Crippen molar-refractivity contribution in [1.82, 2.24) is 15.1 Å². The van der Waals surface area contributed by atoms with E-state index in [1.54, 1.807) is 0 Å². The predicted molar refractivity (Wildman–Crippen MR) is 110 cm³/mol. The average Bonchev–Trinajstić information content (AvgIpc) is 3.11. The molecule has 1 heterocycles. The molecule has 1 saturated carbocycles. The Kier molecular flexibility index (Phi) is 5.84. The lowest BCUT2D eigenvalue weighted by Crippen LogP contribution is -2.52. The van der Waals surface area contributed by atoms with Crippen LogP contribution < -0.4 is 5.32 Å². The molecule has 1 saturated heterocycles. The number of benzene rings is 1. The number of nitrogens with one attached hydrogen (secondary N) is 1. The Morgan fingerprint density at radius 2 is 1.70 bits per heavy atom. The smallest absolute Gasteiger partial charge is 0.225 e. The number of amides is 1. The van der Waals surface area contributed by atoms with Crippen LogP contribution in [0.15, 0.2) is 24.3 Å². The number of aryl methyl sites for hydroxylation is 1. The van der Waals surface area contributed by atoms with Gasteiger partial charge in [0.25, 0.3) is 0 Å². The van der Waals surface area contributed by atoms with Crippen molar-refractivity contribution in [2.45, 2.75) is 70.5 Å². The largest absolute Gasteiger partial charge is 0.340 e. The molecule has 4 rings (SSSR count). The second-order valence-corrected chi connectivity index (χ2v) is 8.96. The number of rotatable bonds is 4. The molecule has 0 radical (unpaired) electrons. The third-order valence-electron chi connectivity index (χ3n) is 7.00. The van der Waals surface area contributed by atoms with Gasteiger partial charge in [-0.25, -0.2) is 0 Å². The molecule has 1 unspecified atom stereocenters. The van der Waals surface area contributed by atoms with Gasteiger partial charge >= 0.3 is 0 Å². The molecule has 1 atom stereocenters. The van der Waals surface area contributed by atoms with E-state index < -0.39 is 0 Å². The van der Waals surface area contributed by atoms with Gasteiger partial charge in [-0.3, -0.25) is 9.69 Å². The summed E-state index contributed by atoms with van der Waals surface area (Å²) in [5, 5.41) is 3.90. The van der Waals surface area contributed by atoms with Gasteiger partial charge in [-0.2, -0.15) is 0 Å². The SMILES string of the molecule is CC(C)N1CCN(C(=O)C2CCC(NC3CCc4ccccc43)CC2)CC1. The topological polar surface area (TPSA) is 35.6 Å². The Labute approximate surface area is 164 Å². The zero-order valence-corrected chi connectivity index (χ0v) is 17.0. The first-order valence-electron chi connectivity index (χ1n) is 11.0. The summed E-state index contributed by atoms with van der Waals surface area (Å²) in [7, 11) is 0. The van der Waals surface area contributed by atoms with Crippen LogP contribution in [0.4, 0.5) is 0 Å². The maximum atomic E-state index is 12.9. The quantitative estimate of drug-likeness (QED) is 0.884. The van der Waals surface area contributed by atoms with Crippen molar-refractivity contribution in [3.63, 3.8) is 0 Å². The molecule has 1 amide bonds. The molecule has 0 bridgehead atoms. The molecular weight excluding hydrogens is 334 g/mol. The molecule has 1 aromatic carbocycles. The summed E-state index contributed by atoms with van der Waals surface area (Å²) >= 11 is 0. The van der Waals surface area contributed by atoms with Gasteiger partial charge in [-0.1, -0.05) is 24.3 Å². The fourth-order valence-electron chi connectivity index (χ4n) is 5.24. The number of hydrogen-bond acceptors (Lipinski definition) is 3. The second kappa shape index (κ2) is 8.32. The third-order valence-corrected chi connectivity index (χ3v) is 7.00. The normalized spacial score (nSPS) is 29.1. The van der Waals surface area contributed by atoms with Gasteiger partial charge in [0, 0.05) is 50.2 Å². The van der Waals surface area contributed by atoms with Crippen LogP contribution in [-0.2, 0) is 11.2 Å². The first kappa shape index (κ1) is 18.9. The van der Waals surface area contributed by atoms with Crippen LogP contribution in [0.1, 0.15) is 63.1 Å². The Balaban J connectivity index is 1.24. The Hall–Kier alpha value is -1.39. The first-order valence-corrected chi connectivity index (χ1v) is 11.0. The molecule has 3 aliphatic rings. The Morgan fingerprint density at radius 3 is 2.41 bits per heavy atom. The van der Waals surface area contributed by atoms with Crippen molar-refractivity contribution in [1.29, 1.82) is 0 Å². The van der Waals surface area contributed by atoms with E-state index in [2.05, 4.69) is 53.2 Å². The number of carbonyl (C=O) groups excluding carboxylic acids is 1. The lowest BCUT2D eigenvalue weighted by atomic mass is 9.84. The van der Waals surface area contributed by atoms with Gasteiger partial charge in [-0.05, 0) is 63.5 Å². The van der Waals surface area contributed by atoms with E-state index in [1.165, 1.54) is 24.0 Å². The van der Waals surface area contributed by atoms with Crippen LogP contribution in [0.3, 0.4) is 0 Å². The van der Waals surface area contributed by atoms with Gasteiger partial charge < -0.3 is 10.2 Å². The van der Waals surface area contributed by atoms with Gasteiger partial charge in [0.15, 0.2) is 0 Å². The van der Waals surface area contributed by atoms with Gasteiger partial charge in [0.2, 0.25) is 5.91 Å². The molecule has 148 valence electrons. The van der Waals surface area contributed by atoms with Crippen LogP contribution >= 0.6 is 0 Å². The van der Waals surface area contributed by atoms with Gasteiger partial charge in [0.05, 0.1) is 0 Å². The molecule has 1 N–H and O–H groups in total. The fourth-order valence-corrected chi connectivity index (χ4v) is 5.24. The van der Waals surface area contributed by atoms with E-state index in [0.717, 1.165) is 51.9 Å². The lowest BCUT2D eigenvalue weighted by molar-refractivity contribution is -0.138. The molecule has 2 fully saturated rings. The first-order chi connectivity index (χ1) is 13.1. The second-order valence-electron chi connectivity index (χ2n) is 8.96. The summed E-state index contributed by atoms with van der Waals surface area (Å²) < 4.78 is 0. The van der Waals surface area contributed by atoms with Crippen LogP contribution in [-0.4, -0.2) is 54.0 Å². The molecule has 4 nitrogen and oxygen atoms in total. The number of hydrogen-bond donors (Lipinski definition) is 1. The maximum absolute atomic E-state index is 12.9. The van der Waals surface area contributed by atoms with Crippen LogP contribution in [0.2, 0.25) is 0 Å². The molecule has 27 heavy (non-hydrogen) atoms. The number of nitrogens with zero attached hydrogens (tertiary/aromatic N) is 2. The molecule has 0 aromatic heterocycles. The van der Waals surface area contributed by atoms with Crippen molar-refractivity contribution >= 4 is 5.91 Å². The summed E-state index contributed by atoms with van der Waals surface area (Å²) in [5.74, 6) is 0.674. The van der Waals surface area contributed by atoms with Gasteiger partial charge in [-0.15, -0.1) is 0 Å². The van der Waals surface area contributed by atoms with Crippen molar-refractivity contribution in [2.75, 3.05) is 26.2 Å². The predicted octanol–water partition coefficient (Wildman–Crippen LogP) is 3.37. The molecule has 2 aliphatic carbocycles. The number of carbonyl (C=O) groups is 1. The minimum atomic E-state index is 0.254. The fraction of sp³-hybridized carbons (Fsp3) is 0.696. The number of piperazine rings is 1. The van der Waals surface area contributed by atoms with Crippen molar-refractivity contribution in [3.8, 4) is 0 Å². The lowest BCUT2D eigenvalue weighted by Gasteiger charge is -2.39. The zero-order valence-electron chi connectivity index (χ0n) is 17.0. The maximum Gasteiger partial charge on any atom is 0.225 e. The minimum Gasteiger partial charge on any atom is -0.340 e. The average molecular weight is 370 g/mol. The molecular formula is C23H35N3O.